The fourth-order valence-corrected chi connectivity index (χ4v) is 2.26. The summed E-state index contributed by atoms with van der Waals surface area (Å²) in [4.78, 5) is 9.14. The van der Waals surface area contributed by atoms with E-state index in [4.69, 9.17) is 5.73 Å². The van der Waals surface area contributed by atoms with Crippen molar-refractivity contribution in [2.45, 2.75) is 13.0 Å². The van der Waals surface area contributed by atoms with Gasteiger partial charge < -0.3 is 16.2 Å². The fraction of sp³-hybridized carbons (Fsp3) is 0.176. The van der Waals surface area contributed by atoms with Crippen LogP contribution in [0.4, 0.5) is 5.82 Å². The molecule has 0 saturated carbocycles. The number of aromatic hydroxyl groups is 1. The second-order valence-electron chi connectivity index (χ2n) is 5.21. The Kier molecular flexibility index (Phi) is 3.89. The van der Waals surface area contributed by atoms with Crippen LogP contribution in [0.3, 0.4) is 0 Å². The van der Waals surface area contributed by atoms with Crippen molar-refractivity contribution >= 4 is 16.7 Å². The van der Waals surface area contributed by atoms with E-state index in [1.54, 1.807) is 18.2 Å². The predicted octanol–water partition coefficient (Wildman–Crippen LogP) is 2.76. The summed E-state index contributed by atoms with van der Waals surface area (Å²) in [6.07, 6.45) is 0. The molecule has 1 aromatic heterocycles. The number of para-hydroxylation sites is 2. The van der Waals surface area contributed by atoms with E-state index in [1.807, 2.05) is 37.3 Å². The number of hydrogen-bond donors (Lipinski definition) is 3. The number of nitrogens with one attached hydrogen (secondary N) is 1. The van der Waals surface area contributed by atoms with Gasteiger partial charge in [-0.15, -0.1) is 0 Å². The van der Waals surface area contributed by atoms with Crippen molar-refractivity contribution in [3.8, 4) is 17.1 Å². The van der Waals surface area contributed by atoms with Crippen molar-refractivity contribution in [2.75, 3.05) is 11.9 Å². The smallest absolute Gasteiger partial charge is 0.165 e. The van der Waals surface area contributed by atoms with Gasteiger partial charge in [0.15, 0.2) is 5.82 Å². The lowest BCUT2D eigenvalue weighted by Crippen LogP contribution is -2.25. The highest BCUT2D eigenvalue weighted by Crippen LogP contribution is 2.29. The van der Waals surface area contributed by atoms with Gasteiger partial charge in [0.25, 0.3) is 0 Å². The maximum absolute atomic E-state index is 10.0. The number of rotatable bonds is 4. The summed E-state index contributed by atoms with van der Waals surface area (Å²) in [5.74, 6) is 1.38. The maximum Gasteiger partial charge on any atom is 0.165 e. The molecule has 5 heteroatoms. The molecule has 0 saturated heterocycles. The van der Waals surface area contributed by atoms with Gasteiger partial charge in [-0.1, -0.05) is 24.3 Å². The molecule has 3 rings (SSSR count). The quantitative estimate of drug-likeness (QED) is 0.689. The molecule has 0 radical (unpaired) electrons. The molecule has 0 aliphatic heterocycles. The van der Waals surface area contributed by atoms with E-state index in [-0.39, 0.29) is 11.8 Å². The zero-order valence-electron chi connectivity index (χ0n) is 12.3. The van der Waals surface area contributed by atoms with E-state index in [1.165, 1.54) is 0 Å². The summed E-state index contributed by atoms with van der Waals surface area (Å²) in [6, 6.07) is 14.9. The van der Waals surface area contributed by atoms with Crippen molar-refractivity contribution in [2.24, 2.45) is 5.73 Å². The van der Waals surface area contributed by atoms with Gasteiger partial charge in [-0.25, -0.2) is 9.97 Å². The zero-order chi connectivity index (χ0) is 15.5. The maximum atomic E-state index is 10.0. The van der Waals surface area contributed by atoms with Crippen molar-refractivity contribution in [3.05, 3.63) is 48.5 Å². The van der Waals surface area contributed by atoms with E-state index in [9.17, 15) is 5.11 Å². The molecule has 1 heterocycles. The van der Waals surface area contributed by atoms with E-state index in [2.05, 4.69) is 15.3 Å². The van der Waals surface area contributed by atoms with Crippen molar-refractivity contribution in [1.82, 2.24) is 9.97 Å². The molecule has 1 atom stereocenters. The number of anilines is 1. The van der Waals surface area contributed by atoms with Gasteiger partial charge in [0.1, 0.15) is 11.6 Å². The summed E-state index contributed by atoms with van der Waals surface area (Å²) >= 11 is 0. The number of aromatic nitrogens is 2. The lowest BCUT2D eigenvalue weighted by atomic mass is 10.1. The molecule has 0 spiro atoms. The van der Waals surface area contributed by atoms with Crippen molar-refractivity contribution in [3.63, 3.8) is 0 Å². The molecular formula is C17H18N4O. The van der Waals surface area contributed by atoms with E-state index < -0.39 is 0 Å². The van der Waals surface area contributed by atoms with Crippen molar-refractivity contribution in [1.29, 1.82) is 0 Å². The first kappa shape index (κ1) is 14.3. The predicted molar refractivity (Wildman–Crippen MR) is 88.8 cm³/mol. The van der Waals surface area contributed by atoms with Crippen LogP contribution in [0, 0.1) is 0 Å². The Labute approximate surface area is 128 Å². The fourth-order valence-electron chi connectivity index (χ4n) is 2.26. The normalized spacial score (nSPS) is 12.3. The number of nitrogens with zero attached hydrogens (tertiary/aromatic N) is 2. The Balaban J connectivity index is 2.18. The number of phenolic OH excluding ortho intramolecular Hbond substituents is 1. The first-order chi connectivity index (χ1) is 10.7. The molecule has 0 amide bonds. The number of fused-ring (bicyclic) bond motifs is 1. The molecule has 0 bridgehead atoms. The number of hydrogen-bond acceptors (Lipinski definition) is 5. The number of phenols is 1. The van der Waals surface area contributed by atoms with Gasteiger partial charge in [-0.3, -0.25) is 0 Å². The monoisotopic (exact) mass is 294 g/mol. The average molecular weight is 294 g/mol. The standard InChI is InChI=1S/C17H18N4O/c1-11(10-18)19-16-12-6-2-4-8-14(12)20-17(21-16)13-7-3-5-9-15(13)22/h2-9,11,22H,10,18H2,1H3,(H,19,20,21)/t11-/m0/s1. The highest BCUT2D eigenvalue weighted by Gasteiger charge is 2.12. The first-order valence-electron chi connectivity index (χ1n) is 7.21. The van der Waals surface area contributed by atoms with Crippen LogP contribution >= 0.6 is 0 Å². The Bertz CT molecular complexity index is 804. The minimum atomic E-state index is 0.0931. The average Bonchev–Trinajstić information content (AvgIpc) is 2.55. The molecule has 5 nitrogen and oxygen atoms in total. The van der Waals surface area contributed by atoms with Gasteiger partial charge in [0.05, 0.1) is 11.1 Å². The Morgan fingerprint density at radius 2 is 1.82 bits per heavy atom. The summed E-state index contributed by atoms with van der Waals surface area (Å²) in [7, 11) is 0. The topological polar surface area (TPSA) is 84.1 Å². The molecule has 0 unspecified atom stereocenters. The molecule has 0 aliphatic carbocycles. The second kappa shape index (κ2) is 5.99. The number of nitrogens with two attached hydrogens (primary N) is 1. The van der Waals surface area contributed by atoms with Crippen LogP contribution in [0.1, 0.15) is 6.92 Å². The first-order valence-corrected chi connectivity index (χ1v) is 7.21. The Morgan fingerprint density at radius 1 is 1.09 bits per heavy atom. The van der Waals surface area contributed by atoms with Gasteiger partial charge in [0.2, 0.25) is 0 Å². The highest BCUT2D eigenvalue weighted by atomic mass is 16.3. The largest absolute Gasteiger partial charge is 0.507 e. The molecule has 4 N–H and O–H groups in total. The Morgan fingerprint density at radius 3 is 2.59 bits per heavy atom. The third kappa shape index (κ3) is 2.71. The number of benzene rings is 2. The van der Waals surface area contributed by atoms with E-state index in [0.717, 1.165) is 16.7 Å². The second-order valence-corrected chi connectivity index (χ2v) is 5.21. The van der Waals surface area contributed by atoms with E-state index in [0.29, 0.717) is 17.9 Å². The van der Waals surface area contributed by atoms with Gasteiger partial charge >= 0.3 is 0 Å². The van der Waals surface area contributed by atoms with Gasteiger partial charge in [0, 0.05) is 18.0 Å². The molecule has 0 fully saturated rings. The summed E-state index contributed by atoms with van der Waals surface area (Å²) < 4.78 is 0. The van der Waals surface area contributed by atoms with Crippen molar-refractivity contribution < 1.29 is 5.11 Å². The molecule has 2 aromatic carbocycles. The van der Waals surface area contributed by atoms with Crippen LogP contribution in [0.2, 0.25) is 0 Å². The van der Waals surface area contributed by atoms with Crippen LogP contribution in [0.25, 0.3) is 22.3 Å². The summed E-state index contributed by atoms with van der Waals surface area (Å²) in [5, 5.41) is 14.3. The minimum absolute atomic E-state index is 0.0931. The molecular weight excluding hydrogens is 276 g/mol. The van der Waals surface area contributed by atoms with Crippen LogP contribution in [0.5, 0.6) is 5.75 Å². The summed E-state index contributed by atoms with van der Waals surface area (Å²) in [5.41, 5.74) is 7.12. The molecule has 112 valence electrons. The third-order valence-electron chi connectivity index (χ3n) is 3.48. The summed E-state index contributed by atoms with van der Waals surface area (Å²) in [6.45, 7) is 2.50. The van der Waals surface area contributed by atoms with Crippen LogP contribution < -0.4 is 11.1 Å². The van der Waals surface area contributed by atoms with Gasteiger partial charge in [-0.2, -0.15) is 0 Å². The minimum Gasteiger partial charge on any atom is -0.507 e. The lowest BCUT2D eigenvalue weighted by Gasteiger charge is -2.15. The van der Waals surface area contributed by atoms with Crippen LogP contribution in [-0.4, -0.2) is 27.7 Å². The lowest BCUT2D eigenvalue weighted by molar-refractivity contribution is 0.477. The molecule has 3 aromatic rings. The zero-order valence-corrected chi connectivity index (χ0v) is 12.3. The van der Waals surface area contributed by atoms with E-state index >= 15 is 0 Å². The van der Waals surface area contributed by atoms with Gasteiger partial charge in [-0.05, 0) is 31.2 Å². The Hall–Kier alpha value is -2.66. The third-order valence-corrected chi connectivity index (χ3v) is 3.48. The van der Waals surface area contributed by atoms with Crippen LogP contribution in [0.15, 0.2) is 48.5 Å². The SMILES string of the molecule is C[C@@H](CN)Nc1nc(-c2ccccc2O)nc2ccccc12. The molecule has 22 heavy (non-hydrogen) atoms. The highest BCUT2D eigenvalue weighted by molar-refractivity contribution is 5.91. The molecule has 0 aliphatic rings. The van der Waals surface area contributed by atoms with Crippen LogP contribution in [-0.2, 0) is 0 Å².